The number of benzene rings is 2. The molecule has 0 amide bonds. The summed E-state index contributed by atoms with van der Waals surface area (Å²) >= 11 is 0. The second-order valence-electron chi connectivity index (χ2n) is 5.73. The van der Waals surface area contributed by atoms with E-state index >= 15 is 0 Å². The largest absolute Gasteiger partial charge is 0.452 e. The lowest BCUT2D eigenvalue weighted by Gasteiger charge is -2.07. The average molecular weight is 326 g/mol. The Hall–Kier alpha value is -2.95. The number of fused-ring (bicyclic) bond motifs is 1. The van der Waals surface area contributed by atoms with E-state index in [4.69, 9.17) is 9.47 Å². The Morgan fingerprint density at radius 3 is 2.71 bits per heavy atom. The third-order valence-electron chi connectivity index (χ3n) is 3.48. The second-order valence-corrected chi connectivity index (χ2v) is 5.73. The molecule has 0 aliphatic carbocycles. The maximum Gasteiger partial charge on any atom is 0.313 e. The smallest absolute Gasteiger partial charge is 0.313 e. The summed E-state index contributed by atoms with van der Waals surface area (Å²) in [5.74, 6) is -0.586. The van der Waals surface area contributed by atoms with Crippen molar-refractivity contribution in [3.63, 3.8) is 0 Å². The van der Waals surface area contributed by atoms with Crippen LogP contribution in [0.5, 0.6) is 11.5 Å². The first-order chi connectivity index (χ1) is 11.4. The molecule has 2 aromatic rings. The first-order valence-electron chi connectivity index (χ1n) is 7.49. The summed E-state index contributed by atoms with van der Waals surface area (Å²) in [5.41, 5.74) is 0.902. The van der Waals surface area contributed by atoms with Gasteiger partial charge in [-0.3, -0.25) is 9.59 Å². The highest BCUT2D eigenvalue weighted by Gasteiger charge is 2.28. The lowest BCUT2D eigenvalue weighted by Crippen LogP contribution is -2.14. The van der Waals surface area contributed by atoms with Crippen molar-refractivity contribution < 1.29 is 23.5 Å². The summed E-state index contributed by atoms with van der Waals surface area (Å²) in [6.45, 7) is 3.46. The van der Waals surface area contributed by atoms with E-state index in [0.29, 0.717) is 22.6 Å². The number of allylic oxidation sites excluding steroid dienone is 1. The van der Waals surface area contributed by atoms with Crippen molar-refractivity contribution >= 4 is 17.8 Å². The summed E-state index contributed by atoms with van der Waals surface area (Å²) in [6.07, 6.45) is 1.48. The molecule has 1 heterocycles. The van der Waals surface area contributed by atoms with Crippen LogP contribution in [-0.4, -0.2) is 11.8 Å². The van der Waals surface area contributed by atoms with Gasteiger partial charge in [0.2, 0.25) is 5.78 Å². The summed E-state index contributed by atoms with van der Waals surface area (Å²) in [5, 5.41) is 0. The van der Waals surface area contributed by atoms with Crippen molar-refractivity contribution in [1.29, 1.82) is 0 Å². The Bertz CT molecular complexity index is 852. The molecule has 0 atom stereocenters. The van der Waals surface area contributed by atoms with Crippen molar-refractivity contribution in [2.24, 2.45) is 5.92 Å². The van der Waals surface area contributed by atoms with E-state index in [1.54, 1.807) is 38.1 Å². The molecule has 0 saturated carbocycles. The highest BCUT2D eigenvalue weighted by Crippen LogP contribution is 2.35. The topological polar surface area (TPSA) is 52.6 Å². The van der Waals surface area contributed by atoms with Gasteiger partial charge >= 0.3 is 5.97 Å². The number of esters is 1. The van der Waals surface area contributed by atoms with Gasteiger partial charge in [0, 0.05) is 6.07 Å². The number of hydrogen-bond donors (Lipinski definition) is 0. The highest BCUT2D eigenvalue weighted by atomic mass is 19.1. The number of rotatable bonds is 3. The molecular formula is C19H15FO4. The highest BCUT2D eigenvalue weighted by molar-refractivity contribution is 6.14. The number of Topliss-reactive ketones (excluding diaryl/α,β-unsaturated/α-hetero) is 1. The summed E-state index contributed by atoms with van der Waals surface area (Å²) in [4.78, 5) is 24.0. The zero-order chi connectivity index (χ0) is 17.3. The van der Waals surface area contributed by atoms with Crippen LogP contribution in [0.2, 0.25) is 0 Å². The number of carbonyl (C=O) groups is 2. The molecule has 24 heavy (non-hydrogen) atoms. The molecule has 0 bridgehead atoms. The van der Waals surface area contributed by atoms with Crippen LogP contribution in [0.4, 0.5) is 4.39 Å². The molecule has 4 nitrogen and oxygen atoms in total. The molecule has 5 heteroatoms. The molecule has 2 aromatic carbocycles. The minimum Gasteiger partial charge on any atom is -0.452 e. The van der Waals surface area contributed by atoms with E-state index in [2.05, 4.69) is 0 Å². The number of hydrogen-bond acceptors (Lipinski definition) is 4. The molecule has 0 aromatic heterocycles. The van der Waals surface area contributed by atoms with Crippen molar-refractivity contribution in [2.75, 3.05) is 0 Å². The monoisotopic (exact) mass is 326 g/mol. The molecule has 0 N–H and O–H groups in total. The summed E-state index contributed by atoms with van der Waals surface area (Å²) in [6, 6.07) is 10.5. The first kappa shape index (κ1) is 15.9. The van der Waals surface area contributed by atoms with Gasteiger partial charge in [0.15, 0.2) is 5.76 Å². The van der Waals surface area contributed by atoms with Crippen molar-refractivity contribution in [3.8, 4) is 11.5 Å². The normalized spacial score (nSPS) is 14.7. The van der Waals surface area contributed by atoms with Gasteiger partial charge in [-0.15, -0.1) is 0 Å². The van der Waals surface area contributed by atoms with Crippen LogP contribution in [0, 0.1) is 11.7 Å². The van der Waals surface area contributed by atoms with Crippen LogP contribution in [0.3, 0.4) is 0 Å². The van der Waals surface area contributed by atoms with E-state index in [1.165, 1.54) is 24.3 Å². The van der Waals surface area contributed by atoms with Crippen LogP contribution >= 0.6 is 0 Å². The Kier molecular flexibility index (Phi) is 4.16. The van der Waals surface area contributed by atoms with E-state index < -0.39 is 5.82 Å². The van der Waals surface area contributed by atoms with E-state index in [-0.39, 0.29) is 23.4 Å². The molecule has 0 radical (unpaired) electrons. The van der Waals surface area contributed by atoms with Crippen LogP contribution in [-0.2, 0) is 4.79 Å². The van der Waals surface area contributed by atoms with Crippen molar-refractivity contribution in [3.05, 3.63) is 65.2 Å². The zero-order valence-corrected chi connectivity index (χ0v) is 13.2. The zero-order valence-electron chi connectivity index (χ0n) is 13.2. The van der Waals surface area contributed by atoms with Gasteiger partial charge in [-0.25, -0.2) is 4.39 Å². The fourth-order valence-corrected chi connectivity index (χ4v) is 2.21. The van der Waals surface area contributed by atoms with Gasteiger partial charge < -0.3 is 9.47 Å². The second kappa shape index (κ2) is 6.28. The fraction of sp³-hybridized carbons (Fsp3) is 0.158. The van der Waals surface area contributed by atoms with Crippen molar-refractivity contribution in [2.45, 2.75) is 13.8 Å². The number of halogens is 1. The Balaban J connectivity index is 1.86. The van der Waals surface area contributed by atoms with Crippen LogP contribution in [0.1, 0.15) is 29.8 Å². The molecule has 0 unspecified atom stereocenters. The minimum absolute atomic E-state index is 0.0999. The molecule has 3 rings (SSSR count). The van der Waals surface area contributed by atoms with Gasteiger partial charge in [-0.05, 0) is 35.9 Å². The van der Waals surface area contributed by atoms with E-state index in [1.807, 2.05) is 0 Å². The molecule has 0 saturated heterocycles. The maximum absolute atomic E-state index is 13.2. The quantitative estimate of drug-likeness (QED) is 0.486. The lowest BCUT2D eigenvalue weighted by atomic mass is 10.1. The Morgan fingerprint density at radius 2 is 2.00 bits per heavy atom. The standard InChI is InChI=1S/C19H15FO4/c1-11(2)19(22)23-14-6-7-15-16(10-14)24-17(18(15)21)9-12-4-3-5-13(20)8-12/h3-11H,1-2H3. The summed E-state index contributed by atoms with van der Waals surface area (Å²) in [7, 11) is 0. The van der Waals surface area contributed by atoms with Crippen LogP contribution in [0.15, 0.2) is 48.2 Å². The maximum atomic E-state index is 13.2. The minimum atomic E-state index is -0.393. The number of ether oxygens (including phenoxy) is 2. The van der Waals surface area contributed by atoms with Crippen LogP contribution < -0.4 is 9.47 Å². The molecule has 1 aliphatic rings. The van der Waals surface area contributed by atoms with Crippen LogP contribution in [0.25, 0.3) is 6.08 Å². The SMILES string of the molecule is CC(C)C(=O)Oc1ccc2c(c1)OC(=Cc1cccc(F)c1)C2=O. The van der Waals surface area contributed by atoms with E-state index in [9.17, 15) is 14.0 Å². The van der Waals surface area contributed by atoms with Gasteiger partial charge in [-0.2, -0.15) is 0 Å². The van der Waals surface area contributed by atoms with Gasteiger partial charge in [0.05, 0.1) is 11.5 Å². The molecule has 0 spiro atoms. The molecule has 122 valence electrons. The van der Waals surface area contributed by atoms with Gasteiger partial charge in [-0.1, -0.05) is 26.0 Å². The van der Waals surface area contributed by atoms with E-state index in [0.717, 1.165) is 0 Å². The third-order valence-corrected chi connectivity index (χ3v) is 3.48. The van der Waals surface area contributed by atoms with Gasteiger partial charge in [0.25, 0.3) is 0 Å². The number of ketones is 1. The fourth-order valence-electron chi connectivity index (χ4n) is 2.21. The summed E-state index contributed by atoms with van der Waals surface area (Å²) < 4.78 is 24.0. The van der Waals surface area contributed by atoms with Gasteiger partial charge in [0.1, 0.15) is 17.3 Å². The molecule has 1 aliphatic heterocycles. The Morgan fingerprint density at radius 1 is 1.21 bits per heavy atom. The molecule has 0 fully saturated rings. The Labute approximate surface area is 138 Å². The average Bonchev–Trinajstić information content (AvgIpc) is 2.83. The molecular weight excluding hydrogens is 311 g/mol. The predicted octanol–water partition coefficient (Wildman–Crippen LogP) is 4.00. The number of carbonyl (C=O) groups excluding carboxylic acids is 2. The lowest BCUT2D eigenvalue weighted by molar-refractivity contribution is -0.137. The first-order valence-corrected chi connectivity index (χ1v) is 7.49. The predicted molar refractivity (Wildman–Crippen MR) is 86.3 cm³/mol. The third kappa shape index (κ3) is 3.20. The van der Waals surface area contributed by atoms with Crippen molar-refractivity contribution in [1.82, 2.24) is 0 Å².